The van der Waals surface area contributed by atoms with Gasteiger partial charge in [0, 0.05) is 30.6 Å². The third kappa shape index (κ3) is 3.37. The van der Waals surface area contributed by atoms with Crippen LogP contribution in [0.4, 0.5) is 0 Å². The predicted octanol–water partition coefficient (Wildman–Crippen LogP) is 1.96. The first-order chi connectivity index (χ1) is 13.1. The van der Waals surface area contributed by atoms with Crippen LogP contribution in [0.2, 0.25) is 0 Å². The Morgan fingerprint density at radius 2 is 2.04 bits per heavy atom. The van der Waals surface area contributed by atoms with Gasteiger partial charge in [-0.3, -0.25) is 9.78 Å². The molecule has 136 valence electrons. The van der Waals surface area contributed by atoms with Gasteiger partial charge in [-0.05, 0) is 5.56 Å². The van der Waals surface area contributed by atoms with Gasteiger partial charge in [-0.1, -0.05) is 37.3 Å². The maximum atomic E-state index is 12.1. The molecule has 4 rings (SSSR count). The van der Waals surface area contributed by atoms with E-state index in [9.17, 15) is 9.59 Å². The first-order valence-corrected chi connectivity index (χ1v) is 8.46. The Balaban J connectivity index is 1.69. The van der Waals surface area contributed by atoms with E-state index in [1.165, 1.54) is 11.8 Å². The van der Waals surface area contributed by atoms with Crippen LogP contribution >= 0.6 is 0 Å². The topological polar surface area (TPSA) is 105 Å². The van der Waals surface area contributed by atoms with Crippen molar-refractivity contribution in [2.24, 2.45) is 0 Å². The van der Waals surface area contributed by atoms with Crippen molar-refractivity contribution in [1.29, 1.82) is 0 Å². The van der Waals surface area contributed by atoms with Gasteiger partial charge >= 0.3 is 5.69 Å². The van der Waals surface area contributed by atoms with Crippen LogP contribution in [-0.2, 0) is 0 Å². The molecule has 3 heterocycles. The van der Waals surface area contributed by atoms with Gasteiger partial charge in [0.2, 0.25) is 0 Å². The van der Waals surface area contributed by atoms with Gasteiger partial charge in [-0.15, -0.1) is 0 Å². The Morgan fingerprint density at radius 3 is 2.81 bits per heavy atom. The largest absolute Gasteiger partial charge is 0.489 e. The summed E-state index contributed by atoms with van der Waals surface area (Å²) in [6.45, 7) is 2.52. The second kappa shape index (κ2) is 6.91. The van der Waals surface area contributed by atoms with Crippen LogP contribution in [0.15, 0.2) is 64.6 Å². The number of ether oxygens (including phenoxy) is 1. The van der Waals surface area contributed by atoms with Gasteiger partial charge in [0.1, 0.15) is 5.69 Å². The molecule has 2 N–H and O–H groups in total. The fourth-order valence-corrected chi connectivity index (χ4v) is 2.82. The molecule has 4 aromatic rings. The Morgan fingerprint density at radius 1 is 1.22 bits per heavy atom. The molecule has 0 fully saturated rings. The SMILES string of the molecule is C[C@H](COc1cc(-c2c[nH]c(=O)[nH]c2=O)nn2ccnc12)c1ccccc1. The monoisotopic (exact) mass is 363 g/mol. The number of imidazole rings is 1. The molecule has 1 aromatic carbocycles. The molecule has 0 saturated heterocycles. The molecule has 0 spiro atoms. The number of rotatable bonds is 5. The number of fused-ring (bicyclic) bond motifs is 1. The number of hydrogen-bond donors (Lipinski definition) is 2. The van der Waals surface area contributed by atoms with Crippen molar-refractivity contribution in [3.8, 4) is 17.0 Å². The van der Waals surface area contributed by atoms with Crippen LogP contribution < -0.4 is 16.0 Å². The van der Waals surface area contributed by atoms with Gasteiger partial charge in [0.15, 0.2) is 11.4 Å². The molecule has 0 radical (unpaired) electrons. The molecule has 8 nitrogen and oxygen atoms in total. The molecule has 27 heavy (non-hydrogen) atoms. The molecule has 0 bridgehead atoms. The Bertz CT molecular complexity index is 1190. The fraction of sp³-hybridized carbons (Fsp3) is 0.158. The number of H-pyrrole nitrogens is 2. The highest BCUT2D eigenvalue weighted by Crippen LogP contribution is 2.25. The second-order valence-corrected chi connectivity index (χ2v) is 6.20. The van der Waals surface area contributed by atoms with Crippen molar-refractivity contribution >= 4 is 5.65 Å². The van der Waals surface area contributed by atoms with Gasteiger partial charge in [0.05, 0.1) is 12.2 Å². The van der Waals surface area contributed by atoms with E-state index < -0.39 is 11.2 Å². The van der Waals surface area contributed by atoms with Crippen molar-refractivity contribution in [2.45, 2.75) is 12.8 Å². The van der Waals surface area contributed by atoms with Gasteiger partial charge < -0.3 is 9.72 Å². The maximum Gasteiger partial charge on any atom is 0.325 e. The lowest BCUT2D eigenvalue weighted by Gasteiger charge is -2.14. The lowest BCUT2D eigenvalue weighted by Crippen LogP contribution is -2.23. The smallest absolute Gasteiger partial charge is 0.325 e. The van der Waals surface area contributed by atoms with Crippen molar-refractivity contribution in [3.05, 3.63) is 81.4 Å². The van der Waals surface area contributed by atoms with E-state index in [2.05, 4.69) is 39.1 Å². The highest BCUT2D eigenvalue weighted by molar-refractivity contribution is 5.64. The summed E-state index contributed by atoms with van der Waals surface area (Å²) < 4.78 is 7.56. The molecular weight excluding hydrogens is 346 g/mol. The third-order valence-corrected chi connectivity index (χ3v) is 4.28. The van der Waals surface area contributed by atoms with Gasteiger partial charge in [-0.2, -0.15) is 5.10 Å². The van der Waals surface area contributed by atoms with E-state index in [0.717, 1.165) is 0 Å². The van der Waals surface area contributed by atoms with Crippen LogP contribution in [0.5, 0.6) is 5.75 Å². The lowest BCUT2D eigenvalue weighted by molar-refractivity contribution is 0.297. The summed E-state index contributed by atoms with van der Waals surface area (Å²) in [5.41, 5.74) is 1.25. The molecule has 0 amide bonds. The Hall–Kier alpha value is -3.68. The van der Waals surface area contributed by atoms with Crippen LogP contribution in [0.25, 0.3) is 16.9 Å². The average molecular weight is 363 g/mol. The highest BCUT2D eigenvalue weighted by atomic mass is 16.5. The van der Waals surface area contributed by atoms with E-state index in [1.54, 1.807) is 23.0 Å². The Labute approximate surface area is 153 Å². The number of nitrogens with zero attached hydrogens (tertiary/aromatic N) is 3. The molecular formula is C19H17N5O3. The number of benzene rings is 1. The summed E-state index contributed by atoms with van der Waals surface area (Å²) in [6, 6.07) is 11.7. The minimum atomic E-state index is -0.569. The normalized spacial score (nSPS) is 12.2. The average Bonchev–Trinajstić information content (AvgIpc) is 3.15. The van der Waals surface area contributed by atoms with Crippen LogP contribution in [0, 0.1) is 0 Å². The molecule has 0 saturated carbocycles. The second-order valence-electron chi connectivity index (χ2n) is 6.20. The van der Waals surface area contributed by atoms with Gasteiger partial charge in [0.25, 0.3) is 5.56 Å². The van der Waals surface area contributed by atoms with Gasteiger partial charge in [-0.25, -0.2) is 14.3 Å². The molecule has 8 heteroatoms. The summed E-state index contributed by atoms with van der Waals surface area (Å²) in [5.74, 6) is 0.688. The maximum absolute atomic E-state index is 12.1. The minimum absolute atomic E-state index is 0.175. The van der Waals surface area contributed by atoms with E-state index in [0.29, 0.717) is 23.7 Å². The summed E-state index contributed by atoms with van der Waals surface area (Å²) in [4.78, 5) is 32.3. The molecule has 0 aliphatic carbocycles. The van der Waals surface area contributed by atoms with Crippen molar-refractivity contribution < 1.29 is 4.74 Å². The third-order valence-electron chi connectivity index (χ3n) is 4.28. The summed E-state index contributed by atoms with van der Waals surface area (Å²) in [7, 11) is 0. The fourth-order valence-electron chi connectivity index (χ4n) is 2.82. The lowest BCUT2D eigenvalue weighted by atomic mass is 10.0. The summed E-state index contributed by atoms with van der Waals surface area (Å²) in [5, 5.41) is 4.37. The van der Waals surface area contributed by atoms with E-state index in [4.69, 9.17) is 4.74 Å². The van der Waals surface area contributed by atoms with E-state index >= 15 is 0 Å². The zero-order chi connectivity index (χ0) is 18.8. The van der Waals surface area contributed by atoms with Crippen LogP contribution in [-0.4, -0.2) is 31.2 Å². The molecule has 0 aliphatic rings. The minimum Gasteiger partial charge on any atom is -0.489 e. The van der Waals surface area contributed by atoms with Crippen molar-refractivity contribution in [1.82, 2.24) is 24.6 Å². The number of aromatic nitrogens is 5. The first kappa shape index (κ1) is 16.8. The molecule has 1 atom stereocenters. The predicted molar refractivity (Wildman–Crippen MR) is 100 cm³/mol. The van der Waals surface area contributed by atoms with Crippen molar-refractivity contribution in [2.75, 3.05) is 6.61 Å². The van der Waals surface area contributed by atoms with E-state index in [-0.39, 0.29) is 11.5 Å². The first-order valence-electron chi connectivity index (χ1n) is 8.46. The zero-order valence-electron chi connectivity index (χ0n) is 14.5. The van der Waals surface area contributed by atoms with Crippen molar-refractivity contribution in [3.63, 3.8) is 0 Å². The number of hydrogen-bond acceptors (Lipinski definition) is 5. The Kier molecular flexibility index (Phi) is 4.29. The molecule has 0 unspecified atom stereocenters. The van der Waals surface area contributed by atoms with Crippen LogP contribution in [0.1, 0.15) is 18.4 Å². The van der Waals surface area contributed by atoms with E-state index in [1.807, 2.05) is 18.2 Å². The molecule has 3 aromatic heterocycles. The number of nitrogens with one attached hydrogen (secondary N) is 2. The number of aromatic amines is 2. The summed E-state index contributed by atoms with van der Waals surface area (Å²) >= 11 is 0. The molecule has 0 aliphatic heterocycles. The summed E-state index contributed by atoms with van der Waals surface area (Å²) in [6.07, 6.45) is 4.62. The highest BCUT2D eigenvalue weighted by Gasteiger charge is 2.14. The van der Waals surface area contributed by atoms with Crippen LogP contribution in [0.3, 0.4) is 0 Å². The quantitative estimate of drug-likeness (QED) is 0.564. The zero-order valence-corrected chi connectivity index (χ0v) is 14.5. The standard InChI is InChI=1S/C19H17N5O3/c1-12(13-5-3-2-4-6-13)11-27-16-9-15(23-24-8-7-20-17(16)24)14-10-21-19(26)22-18(14)25/h2-10,12H,11H2,1H3,(H2,21,22,25,26)/t12-/m1/s1.